The highest BCUT2D eigenvalue weighted by atomic mass is 16.2. The lowest BCUT2D eigenvalue weighted by Crippen LogP contribution is -2.31. The predicted octanol–water partition coefficient (Wildman–Crippen LogP) is 1.22. The number of carbonyl (C=O) groups excluding carboxylic acids is 2. The van der Waals surface area contributed by atoms with E-state index in [4.69, 9.17) is 0 Å². The first-order valence-electron chi connectivity index (χ1n) is 4.95. The van der Waals surface area contributed by atoms with Gasteiger partial charge in [-0.15, -0.1) is 0 Å². The SMILES string of the molecule is CCC(=O)N1CCC(=O)C(C)CC1. The summed E-state index contributed by atoms with van der Waals surface area (Å²) in [6, 6.07) is 0. The smallest absolute Gasteiger partial charge is 0.222 e. The van der Waals surface area contributed by atoms with Crippen molar-refractivity contribution in [2.75, 3.05) is 13.1 Å². The van der Waals surface area contributed by atoms with Gasteiger partial charge in [0.05, 0.1) is 0 Å². The first-order valence-corrected chi connectivity index (χ1v) is 4.95. The molecule has 1 saturated heterocycles. The Balaban J connectivity index is 2.53. The van der Waals surface area contributed by atoms with Gasteiger partial charge < -0.3 is 4.90 Å². The zero-order valence-electron chi connectivity index (χ0n) is 8.38. The van der Waals surface area contributed by atoms with E-state index in [1.54, 1.807) is 4.90 Å². The fraction of sp³-hybridized carbons (Fsp3) is 0.800. The minimum absolute atomic E-state index is 0.134. The molecule has 3 heteroatoms. The second-order valence-corrected chi connectivity index (χ2v) is 3.64. The Hall–Kier alpha value is -0.860. The summed E-state index contributed by atoms with van der Waals surface area (Å²) < 4.78 is 0. The molecule has 1 atom stereocenters. The maximum atomic E-state index is 11.3. The van der Waals surface area contributed by atoms with Gasteiger partial charge >= 0.3 is 0 Å². The molecular formula is C10H17NO2. The van der Waals surface area contributed by atoms with E-state index in [1.807, 2.05) is 13.8 Å². The molecule has 0 saturated carbocycles. The Morgan fingerprint density at radius 3 is 2.85 bits per heavy atom. The molecule has 1 amide bonds. The number of Topliss-reactive ketones (excluding diaryl/α,β-unsaturated/α-hetero) is 1. The molecule has 0 aromatic carbocycles. The van der Waals surface area contributed by atoms with Crippen LogP contribution in [0.5, 0.6) is 0 Å². The summed E-state index contributed by atoms with van der Waals surface area (Å²) >= 11 is 0. The van der Waals surface area contributed by atoms with Crippen LogP contribution in [0, 0.1) is 5.92 Å². The molecule has 1 aliphatic rings. The van der Waals surface area contributed by atoms with E-state index in [-0.39, 0.29) is 11.8 Å². The molecule has 0 aromatic heterocycles. The summed E-state index contributed by atoms with van der Waals surface area (Å²) in [5.74, 6) is 0.600. The Morgan fingerprint density at radius 1 is 1.54 bits per heavy atom. The first kappa shape index (κ1) is 10.2. The van der Waals surface area contributed by atoms with Crippen LogP contribution in [0.4, 0.5) is 0 Å². The van der Waals surface area contributed by atoms with Crippen LogP contribution < -0.4 is 0 Å². The summed E-state index contributed by atoms with van der Waals surface area (Å²) in [7, 11) is 0. The summed E-state index contributed by atoms with van der Waals surface area (Å²) in [4.78, 5) is 24.5. The quantitative estimate of drug-likeness (QED) is 0.613. The fourth-order valence-electron chi connectivity index (χ4n) is 1.59. The summed E-state index contributed by atoms with van der Waals surface area (Å²) in [6.07, 6.45) is 1.90. The number of hydrogen-bond donors (Lipinski definition) is 0. The van der Waals surface area contributed by atoms with Crippen molar-refractivity contribution in [2.45, 2.75) is 33.1 Å². The van der Waals surface area contributed by atoms with Gasteiger partial charge in [-0.1, -0.05) is 13.8 Å². The molecule has 0 spiro atoms. The summed E-state index contributed by atoms with van der Waals surface area (Å²) in [5, 5.41) is 0. The third-order valence-electron chi connectivity index (χ3n) is 2.66. The van der Waals surface area contributed by atoms with Gasteiger partial charge in [-0.25, -0.2) is 0 Å². The highest BCUT2D eigenvalue weighted by Crippen LogP contribution is 2.13. The van der Waals surface area contributed by atoms with Gasteiger partial charge in [0.25, 0.3) is 0 Å². The first-order chi connectivity index (χ1) is 6.15. The van der Waals surface area contributed by atoms with Gasteiger partial charge in [0.2, 0.25) is 5.91 Å². The Morgan fingerprint density at radius 2 is 2.23 bits per heavy atom. The lowest BCUT2D eigenvalue weighted by Gasteiger charge is -2.18. The van der Waals surface area contributed by atoms with E-state index in [1.165, 1.54) is 0 Å². The molecule has 74 valence electrons. The highest BCUT2D eigenvalue weighted by Gasteiger charge is 2.22. The number of likely N-dealkylation sites (tertiary alicyclic amines) is 1. The zero-order valence-corrected chi connectivity index (χ0v) is 8.38. The van der Waals surface area contributed by atoms with Crippen LogP contribution in [0.15, 0.2) is 0 Å². The van der Waals surface area contributed by atoms with Crippen LogP contribution in [0.3, 0.4) is 0 Å². The Kier molecular flexibility index (Phi) is 3.46. The van der Waals surface area contributed by atoms with E-state index in [9.17, 15) is 9.59 Å². The lowest BCUT2D eigenvalue weighted by molar-refractivity contribution is -0.130. The minimum Gasteiger partial charge on any atom is -0.342 e. The van der Waals surface area contributed by atoms with Gasteiger partial charge in [-0.3, -0.25) is 9.59 Å². The number of hydrogen-bond acceptors (Lipinski definition) is 2. The number of carbonyl (C=O) groups is 2. The normalized spacial score (nSPS) is 24.3. The number of amides is 1. The molecule has 0 N–H and O–H groups in total. The molecule has 1 aliphatic heterocycles. The molecular weight excluding hydrogens is 166 g/mol. The maximum Gasteiger partial charge on any atom is 0.222 e. The van der Waals surface area contributed by atoms with Crippen molar-refractivity contribution in [2.24, 2.45) is 5.92 Å². The van der Waals surface area contributed by atoms with Crippen LogP contribution in [0.25, 0.3) is 0 Å². The van der Waals surface area contributed by atoms with Gasteiger partial charge in [-0.05, 0) is 6.42 Å². The fourth-order valence-corrected chi connectivity index (χ4v) is 1.59. The van der Waals surface area contributed by atoms with Gasteiger partial charge in [-0.2, -0.15) is 0 Å². The average molecular weight is 183 g/mol. The average Bonchev–Trinajstić information content (AvgIpc) is 2.30. The maximum absolute atomic E-state index is 11.3. The van der Waals surface area contributed by atoms with E-state index < -0.39 is 0 Å². The van der Waals surface area contributed by atoms with Gasteiger partial charge in [0.1, 0.15) is 5.78 Å². The lowest BCUT2D eigenvalue weighted by atomic mass is 10.0. The van der Waals surface area contributed by atoms with Crippen molar-refractivity contribution in [3.63, 3.8) is 0 Å². The molecule has 1 unspecified atom stereocenters. The van der Waals surface area contributed by atoms with Crippen LogP contribution >= 0.6 is 0 Å². The number of nitrogens with zero attached hydrogens (tertiary/aromatic N) is 1. The third-order valence-corrected chi connectivity index (χ3v) is 2.66. The number of ketones is 1. The van der Waals surface area contributed by atoms with Crippen molar-refractivity contribution in [1.82, 2.24) is 4.90 Å². The molecule has 1 fully saturated rings. The topological polar surface area (TPSA) is 37.4 Å². The standard InChI is InChI=1S/C10H17NO2/c1-3-10(13)11-6-4-8(2)9(12)5-7-11/h8H,3-7H2,1-2H3. The van der Waals surface area contributed by atoms with Crippen molar-refractivity contribution in [3.8, 4) is 0 Å². The van der Waals surface area contributed by atoms with Crippen LogP contribution in [0.2, 0.25) is 0 Å². The summed E-state index contributed by atoms with van der Waals surface area (Å²) in [5.41, 5.74) is 0. The van der Waals surface area contributed by atoms with Crippen LogP contribution in [-0.2, 0) is 9.59 Å². The number of rotatable bonds is 1. The monoisotopic (exact) mass is 183 g/mol. The molecule has 0 radical (unpaired) electrons. The van der Waals surface area contributed by atoms with Gasteiger partial charge in [0.15, 0.2) is 0 Å². The van der Waals surface area contributed by atoms with Crippen LogP contribution in [0.1, 0.15) is 33.1 Å². The minimum atomic E-state index is 0.134. The largest absolute Gasteiger partial charge is 0.342 e. The van der Waals surface area contributed by atoms with E-state index in [0.717, 1.165) is 13.0 Å². The second-order valence-electron chi connectivity index (χ2n) is 3.64. The van der Waals surface area contributed by atoms with Crippen molar-refractivity contribution >= 4 is 11.7 Å². The van der Waals surface area contributed by atoms with Crippen molar-refractivity contribution < 1.29 is 9.59 Å². The van der Waals surface area contributed by atoms with E-state index >= 15 is 0 Å². The molecule has 0 bridgehead atoms. The molecule has 1 heterocycles. The molecule has 0 aliphatic carbocycles. The summed E-state index contributed by atoms with van der Waals surface area (Å²) in [6.45, 7) is 5.18. The zero-order chi connectivity index (χ0) is 9.84. The predicted molar refractivity (Wildman–Crippen MR) is 50.3 cm³/mol. The molecule has 13 heavy (non-hydrogen) atoms. The van der Waals surface area contributed by atoms with Crippen molar-refractivity contribution in [1.29, 1.82) is 0 Å². The van der Waals surface area contributed by atoms with E-state index in [2.05, 4.69) is 0 Å². The Labute approximate surface area is 79.1 Å². The van der Waals surface area contributed by atoms with Gasteiger partial charge in [0, 0.05) is 31.8 Å². The molecule has 1 rings (SSSR count). The second kappa shape index (κ2) is 4.40. The third kappa shape index (κ3) is 2.54. The highest BCUT2D eigenvalue weighted by molar-refractivity contribution is 5.83. The molecule has 0 aromatic rings. The molecule has 3 nitrogen and oxygen atoms in total. The van der Waals surface area contributed by atoms with E-state index in [0.29, 0.717) is 25.2 Å². The van der Waals surface area contributed by atoms with Crippen LogP contribution in [-0.4, -0.2) is 29.7 Å². The van der Waals surface area contributed by atoms with Crippen molar-refractivity contribution in [3.05, 3.63) is 0 Å². The Bertz CT molecular complexity index is 213.